The quantitative estimate of drug-likeness (QED) is 0.826. The van der Waals surface area contributed by atoms with Crippen LogP contribution >= 0.6 is 0 Å². The lowest BCUT2D eigenvalue weighted by Gasteiger charge is -2.31. The van der Waals surface area contributed by atoms with Gasteiger partial charge in [0.2, 0.25) is 0 Å². The fraction of sp³-hybridized carbons (Fsp3) is 0.524. The fourth-order valence-electron chi connectivity index (χ4n) is 3.55. The molecule has 140 valence electrons. The van der Waals surface area contributed by atoms with Crippen LogP contribution in [-0.2, 0) is 0 Å². The van der Waals surface area contributed by atoms with E-state index in [9.17, 15) is 4.79 Å². The van der Waals surface area contributed by atoms with E-state index in [4.69, 9.17) is 4.74 Å². The highest BCUT2D eigenvalue weighted by atomic mass is 16.5. The van der Waals surface area contributed by atoms with Gasteiger partial charge in [-0.1, -0.05) is 25.5 Å². The summed E-state index contributed by atoms with van der Waals surface area (Å²) >= 11 is 0. The van der Waals surface area contributed by atoms with Gasteiger partial charge >= 0.3 is 0 Å². The number of pyridine rings is 1. The van der Waals surface area contributed by atoms with Gasteiger partial charge in [-0.2, -0.15) is 0 Å². The molecule has 1 amide bonds. The van der Waals surface area contributed by atoms with E-state index >= 15 is 0 Å². The van der Waals surface area contributed by atoms with Gasteiger partial charge in [-0.05, 0) is 56.9 Å². The third-order valence-electron chi connectivity index (χ3n) is 5.22. The van der Waals surface area contributed by atoms with Crippen LogP contribution in [0, 0.1) is 5.92 Å². The van der Waals surface area contributed by atoms with E-state index < -0.39 is 0 Å². The second-order valence-electron chi connectivity index (χ2n) is 7.08. The number of nitrogens with zero attached hydrogens (tertiary/aromatic N) is 2. The van der Waals surface area contributed by atoms with Gasteiger partial charge in [0.05, 0.1) is 12.6 Å². The SMILES string of the molecule is CCCCN1CCC(CNC(=O)c2cc(OC)c3ccccc3n2)CC1. The number of para-hydroxylation sites is 1. The molecule has 1 aromatic heterocycles. The van der Waals surface area contributed by atoms with Crippen LogP contribution in [0.1, 0.15) is 43.1 Å². The van der Waals surface area contributed by atoms with Crippen molar-refractivity contribution in [3.05, 3.63) is 36.0 Å². The van der Waals surface area contributed by atoms with Crippen molar-refractivity contribution in [1.82, 2.24) is 15.2 Å². The number of ether oxygens (including phenoxy) is 1. The Morgan fingerprint density at radius 2 is 2.08 bits per heavy atom. The number of rotatable bonds is 7. The summed E-state index contributed by atoms with van der Waals surface area (Å²) in [6, 6.07) is 9.45. The molecule has 1 aromatic carbocycles. The summed E-state index contributed by atoms with van der Waals surface area (Å²) in [5.74, 6) is 1.12. The minimum absolute atomic E-state index is 0.123. The second kappa shape index (κ2) is 8.99. The van der Waals surface area contributed by atoms with Gasteiger partial charge in [0.25, 0.3) is 5.91 Å². The molecule has 0 aliphatic carbocycles. The minimum atomic E-state index is -0.123. The van der Waals surface area contributed by atoms with Gasteiger partial charge in [0.15, 0.2) is 0 Å². The van der Waals surface area contributed by atoms with Crippen molar-refractivity contribution in [3.8, 4) is 5.75 Å². The number of carbonyl (C=O) groups is 1. The first-order chi connectivity index (χ1) is 12.7. The maximum Gasteiger partial charge on any atom is 0.270 e. The van der Waals surface area contributed by atoms with Crippen LogP contribution in [0.15, 0.2) is 30.3 Å². The largest absolute Gasteiger partial charge is 0.496 e. The lowest BCUT2D eigenvalue weighted by atomic mass is 9.96. The molecule has 1 aliphatic rings. The summed E-state index contributed by atoms with van der Waals surface area (Å²) in [5, 5.41) is 3.99. The van der Waals surface area contributed by atoms with E-state index in [0.29, 0.717) is 17.4 Å². The normalized spacial score (nSPS) is 15.9. The van der Waals surface area contributed by atoms with E-state index in [2.05, 4.69) is 22.1 Å². The van der Waals surface area contributed by atoms with Crippen LogP contribution < -0.4 is 10.1 Å². The third-order valence-corrected chi connectivity index (χ3v) is 5.22. The Labute approximate surface area is 155 Å². The van der Waals surface area contributed by atoms with Crippen molar-refractivity contribution in [3.63, 3.8) is 0 Å². The van der Waals surface area contributed by atoms with Crippen LogP contribution in [0.4, 0.5) is 0 Å². The van der Waals surface area contributed by atoms with Crippen LogP contribution in [-0.4, -0.2) is 49.1 Å². The molecule has 1 N–H and O–H groups in total. The maximum absolute atomic E-state index is 12.6. The number of amides is 1. The molecular formula is C21H29N3O2. The zero-order valence-electron chi connectivity index (χ0n) is 15.8. The van der Waals surface area contributed by atoms with Gasteiger partial charge in [0, 0.05) is 18.0 Å². The van der Waals surface area contributed by atoms with E-state index in [1.807, 2.05) is 24.3 Å². The van der Waals surface area contributed by atoms with Crippen molar-refractivity contribution >= 4 is 16.8 Å². The molecule has 0 radical (unpaired) electrons. The Morgan fingerprint density at radius 1 is 1.31 bits per heavy atom. The Bertz CT molecular complexity index is 739. The number of piperidine rings is 1. The molecule has 0 saturated carbocycles. The Balaban J connectivity index is 1.56. The van der Waals surface area contributed by atoms with E-state index in [1.54, 1.807) is 13.2 Å². The number of likely N-dealkylation sites (tertiary alicyclic amines) is 1. The molecule has 0 unspecified atom stereocenters. The number of fused-ring (bicyclic) bond motifs is 1. The predicted octanol–water partition coefficient (Wildman–Crippen LogP) is 3.49. The van der Waals surface area contributed by atoms with Crippen LogP contribution in [0.25, 0.3) is 10.9 Å². The first kappa shape index (κ1) is 18.6. The Morgan fingerprint density at radius 3 is 2.81 bits per heavy atom. The van der Waals surface area contributed by atoms with Crippen molar-refractivity contribution in [2.24, 2.45) is 5.92 Å². The van der Waals surface area contributed by atoms with E-state index in [1.165, 1.54) is 19.4 Å². The maximum atomic E-state index is 12.6. The number of methoxy groups -OCH3 is 1. The topological polar surface area (TPSA) is 54.5 Å². The lowest BCUT2D eigenvalue weighted by molar-refractivity contribution is 0.0931. The molecule has 5 nitrogen and oxygen atoms in total. The summed E-state index contributed by atoms with van der Waals surface area (Å²) in [6.07, 6.45) is 4.83. The lowest BCUT2D eigenvalue weighted by Crippen LogP contribution is -2.39. The average Bonchev–Trinajstić information content (AvgIpc) is 2.70. The van der Waals surface area contributed by atoms with E-state index in [0.717, 1.165) is 43.4 Å². The van der Waals surface area contributed by atoms with Crippen LogP contribution in [0.2, 0.25) is 0 Å². The smallest absolute Gasteiger partial charge is 0.270 e. The first-order valence-electron chi connectivity index (χ1n) is 9.65. The number of benzene rings is 1. The Hall–Kier alpha value is -2.14. The van der Waals surface area contributed by atoms with Gasteiger partial charge in [-0.3, -0.25) is 4.79 Å². The van der Waals surface area contributed by atoms with Gasteiger partial charge in [0.1, 0.15) is 11.4 Å². The standard InChI is InChI=1S/C21H29N3O2/c1-3-4-11-24-12-9-16(10-13-24)15-22-21(25)19-14-20(26-2)17-7-5-6-8-18(17)23-19/h5-8,14,16H,3-4,9-13,15H2,1-2H3,(H,22,25). The van der Waals surface area contributed by atoms with Crippen molar-refractivity contribution in [2.75, 3.05) is 33.3 Å². The highest BCUT2D eigenvalue weighted by molar-refractivity contribution is 5.97. The summed E-state index contributed by atoms with van der Waals surface area (Å²) < 4.78 is 5.43. The molecule has 26 heavy (non-hydrogen) atoms. The molecule has 0 spiro atoms. The summed E-state index contributed by atoms with van der Waals surface area (Å²) in [6.45, 7) is 6.44. The number of hydrogen-bond donors (Lipinski definition) is 1. The van der Waals surface area contributed by atoms with Crippen molar-refractivity contribution in [1.29, 1.82) is 0 Å². The highest BCUT2D eigenvalue weighted by Crippen LogP contribution is 2.25. The molecule has 1 fully saturated rings. The monoisotopic (exact) mass is 355 g/mol. The molecule has 1 saturated heterocycles. The van der Waals surface area contributed by atoms with Crippen molar-refractivity contribution in [2.45, 2.75) is 32.6 Å². The fourth-order valence-corrected chi connectivity index (χ4v) is 3.55. The van der Waals surface area contributed by atoms with Gasteiger partial charge in [-0.25, -0.2) is 4.98 Å². The number of nitrogens with one attached hydrogen (secondary N) is 1. The zero-order valence-corrected chi connectivity index (χ0v) is 15.8. The summed E-state index contributed by atoms with van der Waals surface area (Å²) in [5.41, 5.74) is 1.20. The third kappa shape index (κ3) is 4.52. The summed E-state index contributed by atoms with van der Waals surface area (Å²) in [7, 11) is 1.62. The number of aromatic nitrogens is 1. The van der Waals surface area contributed by atoms with Gasteiger partial charge < -0.3 is 15.0 Å². The second-order valence-corrected chi connectivity index (χ2v) is 7.08. The molecule has 2 heterocycles. The van der Waals surface area contributed by atoms with Crippen LogP contribution in [0.5, 0.6) is 5.75 Å². The summed E-state index contributed by atoms with van der Waals surface area (Å²) in [4.78, 5) is 19.6. The molecule has 1 aliphatic heterocycles. The first-order valence-corrected chi connectivity index (χ1v) is 9.65. The van der Waals surface area contributed by atoms with Crippen molar-refractivity contribution < 1.29 is 9.53 Å². The van der Waals surface area contributed by atoms with Gasteiger partial charge in [-0.15, -0.1) is 0 Å². The zero-order chi connectivity index (χ0) is 18.4. The highest BCUT2D eigenvalue weighted by Gasteiger charge is 2.20. The molecule has 0 bridgehead atoms. The molecule has 2 aromatic rings. The minimum Gasteiger partial charge on any atom is -0.496 e. The molecule has 0 atom stereocenters. The van der Waals surface area contributed by atoms with E-state index in [-0.39, 0.29) is 5.91 Å². The Kier molecular flexibility index (Phi) is 6.45. The number of unbranched alkanes of at least 4 members (excludes halogenated alkanes) is 1. The molecular weight excluding hydrogens is 326 g/mol. The molecule has 3 rings (SSSR count). The molecule has 5 heteroatoms. The number of carbonyl (C=O) groups excluding carboxylic acids is 1. The average molecular weight is 355 g/mol. The van der Waals surface area contributed by atoms with Crippen LogP contribution in [0.3, 0.4) is 0 Å². The predicted molar refractivity (Wildman–Crippen MR) is 105 cm³/mol. The number of hydrogen-bond acceptors (Lipinski definition) is 4.